The van der Waals surface area contributed by atoms with Crippen LogP contribution in [0.3, 0.4) is 0 Å². The summed E-state index contributed by atoms with van der Waals surface area (Å²) in [6.45, 7) is 16.0. The molecule has 0 aromatic carbocycles. The average Bonchev–Trinajstić information content (AvgIpc) is 2.95. The zero-order chi connectivity index (χ0) is 15.5. The van der Waals surface area contributed by atoms with Crippen molar-refractivity contribution in [2.24, 2.45) is 5.92 Å². The third-order valence-corrected chi connectivity index (χ3v) is 5.42. The van der Waals surface area contributed by atoms with Crippen molar-refractivity contribution in [2.75, 3.05) is 13.1 Å². The molecule has 1 aromatic rings. The van der Waals surface area contributed by atoms with Gasteiger partial charge in [0.2, 0.25) is 0 Å². The highest BCUT2D eigenvalue weighted by Gasteiger charge is 2.22. The van der Waals surface area contributed by atoms with Gasteiger partial charge in [-0.2, -0.15) is 0 Å². The van der Waals surface area contributed by atoms with Crippen molar-refractivity contribution in [3.63, 3.8) is 0 Å². The van der Waals surface area contributed by atoms with E-state index < -0.39 is 0 Å². The topological polar surface area (TPSA) is 15.3 Å². The van der Waals surface area contributed by atoms with Gasteiger partial charge in [0.15, 0.2) is 0 Å². The molecule has 21 heavy (non-hydrogen) atoms. The fourth-order valence-electron chi connectivity index (χ4n) is 3.13. The molecular weight excluding hydrogens is 276 g/mol. The van der Waals surface area contributed by atoms with Gasteiger partial charge in [0.1, 0.15) is 0 Å². The lowest BCUT2D eigenvalue weighted by Gasteiger charge is -2.19. The van der Waals surface area contributed by atoms with Crippen LogP contribution in [0.1, 0.15) is 62.3 Å². The van der Waals surface area contributed by atoms with Crippen LogP contribution >= 0.6 is 11.3 Å². The molecule has 0 amide bonds. The summed E-state index contributed by atoms with van der Waals surface area (Å²) in [6.07, 6.45) is 4.13. The van der Waals surface area contributed by atoms with Gasteiger partial charge >= 0.3 is 0 Å². The van der Waals surface area contributed by atoms with Crippen LogP contribution < -0.4 is 5.32 Å². The molecule has 1 aromatic heterocycles. The Balaban J connectivity index is 1.88. The van der Waals surface area contributed by atoms with Crippen molar-refractivity contribution in [2.45, 2.75) is 72.5 Å². The third-order valence-electron chi connectivity index (χ3n) is 4.33. The van der Waals surface area contributed by atoms with E-state index in [4.69, 9.17) is 0 Å². The van der Waals surface area contributed by atoms with Gasteiger partial charge < -0.3 is 5.32 Å². The minimum atomic E-state index is 0.195. The van der Waals surface area contributed by atoms with E-state index in [1.165, 1.54) is 42.1 Å². The Morgan fingerprint density at radius 2 is 2.14 bits per heavy atom. The second-order valence-corrected chi connectivity index (χ2v) is 8.92. The molecule has 1 aliphatic heterocycles. The number of nitrogens with one attached hydrogen (secondary N) is 1. The van der Waals surface area contributed by atoms with Gasteiger partial charge in [-0.1, -0.05) is 13.3 Å². The average molecular weight is 309 g/mol. The lowest BCUT2D eigenvalue weighted by atomic mass is 10.0. The van der Waals surface area contributed by atoms with E-state index in [0.29, 0.717) is 0 Å². The van der Waals surface area contributed by atoms with Crippen LogP contribution in [0.5, 0.6) is 0 Å². The summed E-state index contributed by atoms with van der Waals surface area (Å²) >= 11 is 1.96. The first-order valence-corrected chi connectivity index (χ1v) is 9.24. The molecule has 1 unspecified atom stereocenters. The molecule has 0 aliphatic carbocycles. The Hall–Kier alpha value is -0.380. The maximum absolute atomic E-state index is 3.59. The monoisotopic (exact) mass is 308 g/mol. The summed E-state index contributed by atoms with van der Waals surface area (Å²) in [4.78, 5) is 5.62. The van der Waals surface area contributed by atoms with Gasteiger partial charge in [0.05, 0.1) is 0 Å². The van der Waals surface area contributed by atoms with Crippen LogP contribution in [0.2, 0.25) is 0 Å². The van der Waals surface area contributed by atoms with Crippen LogP contribution in [0, 0.1) is 12.8 Å². The SMILES string of the molecule is CCCC1CCN(Cc2cc(CNC(C)(C)C)sc2C)C1. The zero-order valence-corrected chi connectivity index (χ0v) is 15.3. The van der Waals surface area contributed by atoms with Crippen LogP contribution in [0.4, 0.5) is 0 Å². The van der Waals surface area contributed by atoms with Crippen LogP contribution in [0.15, 0.2) is 6.07 Å². The second-order valence-electron chi connectivity index (χ2n) is 7.58. The largest absolute Gasteiger partial charge is 0.307 e. The Morgan fingerprint density at radius 1 is 1.38 bits per heavy atom. The van der Waals surface area contributed by atoms with E-state index in [1.807, 2.05) is 11.3 Å². The van der Waals surface area contributed by atoms with E-state index >= 15 is 0 Å². The normalized spacial score (nSPS) is 20.3. The molecule has 1 aliphatic rings. The van der Waals surface area contributed by atoms with Gasteiger partial charge in [0.25, 0.3) is 0 Å². The first-order valence-electron chi connectivity index (χ1n) is 8.43. The first-order chi connectivity index (χ1) is 9.87. The second kappa shape index (κ2) is 7.26. The summed E-state index contributed by atoms with van der Waals surface area (Å²) < 4.78 is 0. The van der Waals surface area contributed by atoms with Crippen molar-refractivity contribution >= 4 is 11.3 Å². The Kier molecular flexibility index (Phi) is 5.87. The predicted octanol–water partition coefficient (Wildman–Crippen LogP) is 4.57. The number of hydrogen-bond donors (Lipinski definition) is 1. The smallest absolute Gasteiger partial charge is 0.0304 e. The fraction of sp³-hybridized carbons (Fsp3) is 0.778. The predicted molar refractivity (Wildman–Crippen MR) is 93.9 cm³/mol. The zero-order valence-electron chi connectivity index (χ0n) is 14.5. The Bertz CT molecular complexity index is 445. The van der Waals surface area contributed by atoms with Crippen molar-refractivity contribution in [3.05, 3.63) is 21.4 Å². The molecule has 2 heterocycles. The quantitative estimate of drug-likeness (QED) is 0.828. The highest BCUT2D eigenvalue weighted by molar-refractivity contribution is 7.12. The molecule has 2 rings (SSSR count). The van der Waals surface area contributed by atoms with Gasteiger partial charge in [-0.15, -0.1) is 11.3 Å². The lowest BCUT2D eigenvalue weighted by molar-refractivity contribution is 0.312. The Labute approximate surface area is 134 Å². The number of rotatable bonds is 6. The molecule has 0 bridgehead atoms. The molecule has 2 nitrogen and oxygen atoms in total. The highest BCUT2D eigenvalue weighted by Crippen LogP contribution is 2.27. The van der Waals surface area contributed by atoms with Gasteiger partial charge in [0, 0.05) is 34.9 Å². The van der Waals surface area contributed by atoms with Crippen LogP contribution in [-0.2, 0) is 13.1 Å². The minimum Gasteiger partial charge on any atom is -0.307 e. The van der Waals surface area contributed by atoms with Crippen LogP contribution in [0.25, 0.3) is 0 Å². The Morgan fingerprint density at radius 3 is 2.81 bits per heavy atom. The number of likely N-dealkylation sites (tertiary alicyclic amines) is 1. The summed E-state index contributed by atoms with van der Waals surface area (Å²) in [6, 6.07) is 2.42. The minimum absolute atomic E-state index is 0.195. The molecule has 120 valence electrons. The number of hydrogen-bond acceptors (Lipinski definition) is 3. The molecular formula is C18H32N2S. The van der Waals surface area contributed by atoms with Crippen molar-refractivity contribution < 1.29 is 0 Å². The molecule has 1 fully saturated rings. The molecule has 0 radical (unpaired) electrons. The molecule has 0 saturated carbocycles. The number of aryl methyl sites for hydroxylation is 1. The lowest BCUT2D eigenvalue weighted by Crippen LogP contribution is -2.34. The molecule has 1 saturated heterocycles. The maximum Gasteiger partial charge on any atom is 0.0304 e. The summed E-state index contributed by atoms with van der Waals surface area (Å²) in [5.41, 5.74) is 1.74. The third kappa shape index (κ3) is 5.39. The van der Waals surface area contributed by atoms with Gasteiger partial charge in [-0.25, -0.2) is 0 Å². The van der Waals surface area contributed by atoms with Crippen molar-refractivity contribution in [1.82, 2.24) is 10.2 Å². The maximum atomic E-state index is 3.59. The number of thiophene rings is 1. The summed E-state index contributed by atoms with van der Waals surface area (Å²) in [5, 5.41) is 3.59. The van der Waals surface area contributed by atoms with Gasteiger partial charge in [-0.05, 0) is 64.6 Å². The fourth-order valence-corrected chi connectivity index (χ4v) is 4.12. The molecule has 1 atom stereocenters. The number of nitrogens with zero attached hydrogens (tertiary/aromatic N) is 1. The summed E-state index contributed by atoms with van der Waals surface area (Å²) in [7, 11) is 0. The summed E-state index contributed by atoms with van der Waals surface area (Å²) in [5.74, 6) is 0.941. The van der Waals surface area contributed by atoms with Crippen molar-refractivity contribution in [3.8, 4) is 0 Å². The molecule has 0 spiro atoms. The highest BCUT2D eigenvalue weighted by atomic mass is 32.1. The van der Waals surface area contributed by atoms with E-state index in [2.05, 4.69) is 50.9 Å². The van der Waals surface area contributed by atoms with Gasteiger partial charge in [-0.3, -0.25) is 4.90 Å². The van der Waals surface area contributed by atoms with E-state index in [9.17, 15) is 0 Å². The van der Waals surface area contributed by atoms with Crippen molar-refractivity contribution in [1.29, 1.82) is 0 Å². The molecule has 1 N–H and O–H groups in total. The van der Waals surface area contributed by atoms with Crippen LogP contribution in [-0.4, -0.2) is 23.5 Å². The van der Waals surface area contributed by atoms with E-state index in [1.54, 1.807) is 5.56 Å². The molecule has 3 heteroatoms. The van der Waals surface area contributed by atoms with E-state index in [0.717, 1.165) is 19.0 Å². The first kappa shape index (κ1) is 17.0. The standard InChI is InChI=1S/C18H32N2S/c1-6-7-15-8-9-20(12-15)13-16-10-17(21-14(16)2)11-19-18(3,4)5/h10,15,19H,6-9,11-13H2,1-5H3. The van der Waals surface area contributed by atoms with E-state index in [-0.39, 0.29) is 5.54 Å².